The van der Waals surface area contributed by atoms with Gasteiger partial charge in [-0.1, -0.05) is 0 Å². The summed E-state index contributed by atoms with van der Waals surface area (Å²) in [6.07, 6.45) is -0.499. The summed E-state index contributed by atoms with van der Waals surface area (Å²) >= 11 is 0. The van der Waals surface area contributed by atoms with Crippen LogP contribution in [0.3, 0.4) is 0 Å². The van der Waals surface area contributed by atoms with Crippen molar-refractivity contribution >= 4 is 18.1 Å². The molecule has 0 aromatic heterocycles. The van der Waals surface area contributed by atoms with Gasteiger partial charge in [-0.15, -0.1) is 12.4 Å². The zero-order chi connectivity index (χ0) is 12.1. The molecule has 0 spiro atoms. The molecule has 3 N–H and O–H groups in total. The molecular weight excluding hydrogens is 248 g/mol. The molecule has 96 valence electrons. The van der Waals surface area contributed by atoms with Crippen molar-refractivity contribution in [2.45, 2.75) is 19.6 Å². The third kappa shape index (κ3) is 4.99. The zero-order valence-corrected chi connectivity index (χ0v) is 10.1. The molecule has 0 amide bonds. The number of phenols is 1. The van der Waals surface area contributed by atoms with Crippen LogP contribution in [0, 0.1) is 10.1 Å². The highest BCUT2D eigenvalue weighted by molar-refractivity contribution is 5.85. The Bertz CT molecular complexity index is 385. The minimum absolute atomic E-state index is 0. The summed E-state index contributed by atoms with van der Waals surface area (Å²) in [5, 5.41) is 31.9. The van der Waals surface area contributed by atoms with Crippen LogP contribution in [0.2, 0.25) is 0 Å². The number of aromatic hydroxyl groups is 1. The van der Waals surface area contributed by atoms with Gasteiger partial charge < -0.3 is 15.5 Å². The summed E-state index contributed by atoms with van der Waals surface area (Å²) < 4.78 is 0. The molecule has 0 aliphatic heterocycles. The summed E-state index contributed by atoms with van der Waals surface area (Å²) in [6.45, 7) is 2.26. The van der Waals surface area contributed by atoms with E-state index in [4.69, 9.17) is 5.11 Å². The van der Waals surface area contributed by atoms with Gasteiger partial charge in [-0.25, -0.2) is 0 Å². The molecule has 1 atom stereocenters. The first-order valence-electron chi connectivity index (χ1n) is 4.85. The van der Waals surface area contributed by atoms with E-state index in [1.807, 2.05) is 0 Å². The lowest BCUT2D eigenvalue weighted by Gasteiger charge is -2.08. The average Bonchev–Trinajstić information content (AvgIpc) is 2.20. The number of nitrogens with zero attached hydrogens (tertiary/aromatic N) is 1. The Morgan fingerprint density at radius 3 is 2.71 bits per heavy atom. The van der Waals surface area contributed by atoms with Gasteiger partial charge in [0, 0.05) is 30.8 Å². The van der Waals surface area contributed by atoms with Crippen molar-refractivity contribution < 1.29 is 15.1 Å². The van der Waals surface area contributed by atoms with Gasteiger partial charge in [0.05, 0.1) is 11.0 Å². The predicted molar refractivity (Wildman–Crippen MR) is 65.4 cm³/mol. The monoisotopic (exact) mass is 262 g/mol. The Morgan fingerprint density at radius 2 is 2.18 bits per heavy atom. The zero-order valence-electron chi connectivity index (χ0n) is 9.29. The van der Waals surface area contributed by atoms with Crippen molar-refractivity contribution in [3.05, 3.63) is 33.9 Å². The van der Waals surface area contributed by atoms with Gasteiger partial charge in [-0.2, -0.15) is 0 Å². The van der Waals surface area contributed by atoms with Crippen LogP contribution >= 0.6 is 12.4 Å². The Balaban J connectivity index is 0.00000256. The maximum absolute atomic E-state index is 10.5. The lowest BCUT2D eigenvalue weighted by atomic mass is 10.1. The second-order valence-electron chi connectivity index (χ2n) is 3.55. The molecule has 6 nitrogen and oxygen atoms in total. The first kappa shape index (κ1) is 15.6. The number of hydrogen-bond acceptors (Lipinski definition) is 5. The van der Waals surface area contributed by atoms with Crippen molar-refractivity contribution in [1.82, 2.24) is 5.32 Å². The SMILES string of the molecule is CC(O)CNCc1cc([N+](=O)[O-])ccc1O.Cl. The number of rotatable bonds is 5. The van der Waals surface area contributed by atoms with Gasteiger partial charge in [0.25, 0.3) is 5.69 Å². The molecule has 1 rings (SSSR count). The second kappa shape index (κ2) is 7.05. The predicted octanol–water partition coefficient (Wildman–Crippen LogP) is 1.19. The Hall–Kier alpha value is -1.37. The molecule has 0 bridgehead atoms. The fourth-order valence-electron chi connectivity index (χ4n) is 1.24. The van der Waals surface area contributed by atoms with Gasteiger partial charge >= 0.3 is 0 Å². The number of nitrogens with one attached hydrogen (secondary N) is 1. The van der Waals surface area contributed by atoms with Crippen LogP contribution < -0.4 is 5.32 Å². The maximum atomic E-state index is 10.5. The minimum atomic E-state index is -0.516. The standard InChI is InChI=1S/C10H14N2O4.ClH/c1-7(13)5-11-6-8-4-9(12(15)16)2-3-10(8)14;/h2-4,7,11,13-14H,5-6H2,1H3;1H. The van der Waals surface area contributed by atoms with E-state index in [-0.39, 0.29) is 30.4 Å². The Labute approximate surface area is 105 Å². The first-order valence-corrected chi connectivity index (χ1v) is 4.85. The molecule has 1 unspecified atom stereocenters. The number of halogens is 1. The van der Waals surface area contributed by atoms with Crippen molar-refractivity contribution in [1.29, 1.82) is 0 Å². The number of non-ortho nitro benzene ring substituents is 1. The van der Waals surface area contributed by atoms with E-state index >= 15 is 0 Å². The van der Waals surface area contributed by atoms with E-state index in [1.54, 1.807) is 6.92 Å². The minimum Gasteiger partial charge on any atom is -0.508 e. The molecule has 0 saturated carbocycles. The van der Waals surface area contributed by atoms with Gasteiger partial charge in [0.2, 0.25) is 0 Å². The normalized spacial score (nSPS) is 11.6. The van der Waals surface area contributed by atoms with Crippen molar-refractivity contribution in [3.8, 4) is 5.75 Å². The highest BCUT2D eigenvalue weighted by Crippen LogP contribution is 2.22. The molecule has 0 fully saturated rings. The summed E-state index contributed by atoms with van der Waals surface area (Å²) in [7, 11) is 0. The van der Waals surface area contributed by atoms with Crippen LogP contribution in [0.25, 0.3) is 0 Å². The molecule has 0 aliphatic carbocycles. The quantitative estimate of drug-likeness (QED) is 0.547. The first-order chi connectivity index (χ1) is 7.50. The summed E-state index contributed by atoms with van der Waals surface area (Å²) in [5.41, 5.74) is 0.376. The van der Waals surface area contributed by atoms with Crippen LogP contribution in [0.1, 0.15) is 12.5 Å². The second-order valence-corrected chi connectivity index (χ2v) is 3.55. The average molecular weight is 263 g/mol. The van der Waals surface area contributed by atoms with Crippen LogP contribution in [0.15, 0.2) is 18.2 Å². The molecule has 1 aromatic carbocycles. The number of phenolic OH excluding ortho intramolecular Hbond substituents is 1. The van der Waals surface area contributed by atoms with E-state index in [0.717, 1.165) is 0 Å². The van der Waals surface area contributed by atoms with Crippen LogP contribution in [-0.4, -0.2) is 27.8 Å². The van der Waals surface area contributed by atoms with E-state index in [2.05, 4.69) is 5.32 Å². The topological polar surface area (TPSA) is 95.6 Å². The van der Waals surface area contributed by atoms with Crippen molar-refractivity contribution in [2.75, 3.05) is 6.54 Å². The smallest absolute Gasteiger partial charge is 0.270 e. The van der Waals surface area contributed by atoms with Gasteiger partial charge in [0.1, 0.15) is 5.75 Å². The lowest BCUT2D eigenvalue weighted by molar-refractivity contribution is -0.384. The van der Waals surface area contributed by atoms with Crippen LogP contribution in [-0.2, 0) is 6.54 Å². The molecule has 0 aliphatic rings. The number of aliphatic hydroxyl groups excluding tert-OH is 1. The molecule has 0 radical (unpaired) electrons. The number of nitro groups is 1. The number of hydrogen-bond donors (Lipinski definition) is 3. The fourth-order valence-corrected chi connectivity index (χ4v) is 1.24. The summed E-state index contributed by atoms with van der Waals surface area (Å²) in [5.74, 6) is 0.00342. The Kier molecular flexibility index (Phi) is 6.48. The molecule has 1 aromatic rings. The highest BCUT2D eigenvalue weighted by Gasteiger charge is 2.09. The summed E-state index contributed by atoms with van der Waals surface area (Å²) in [4.78, 5) is 9.99. The number of nitro benzene ring substituents is 1. The molecule has 7 heteroatoms. The number of benzene rings is 1. The van der Waals surface area contributed by atoms with Crippen LogP contribution in [0.4, 0.5) is 5.69 Å². The van der Waals surface area contributed by atoms with E-state index < -0.39 is 11.0 Å². The lowest BCUT2D eigenvalue weighted by Crippen LogP contribution is -2.23. The Morgan fingerprint density at radius 1 is 1.53 bits per heavy atom. The van der Waals surface area contributed by atoms with Crippen LogP contribution in [0.5, 0.6) is 5.75 Å². The van der Waals surface area contributed by atoms with E-state index in [1.165, 1.54) is 18.2 Å². The third-order valence-electron chi connectivity index (χ3n) is 2.03. The van der Waals surface area contributed by atoms with E-state index in [0.29, 0.717) is 12.1 Å². The number of aliphatic hydroxyl groups is 1. The highest BCUT2D eigenvalue weighted by atomic mass is 35.5. The molecule has 17 heavy (non-hydrogen) atoms. The maximum Gasteiger partial charge on any atom is 0.270 e. The van der Waals surface area contributed by atoms with Gasteiger partial charge in [-0.3, -0.25) is 10.1 Å². The third-order valence-corrected chi connectivity index (χ3v) is 2.03. The molecular formula is C10H15ClN2O4. The van der Waals surface area contributed by atoms with E-state index in [9.17, 15) is 15.2 Å². The molecule has 0 saturated heterocycles. The fraction of sp³-hybridized carbons (Fsp3) is 0.400. The molecule has 0 heterocycles. The summed E-state index contributed by atoms with van der Waals surface area (Å²) in [6, 6.07) is 3.84. The van der Waals surface area contributed by atoms with Gasteiger partial charge in [-0.05, 0) is 13.0 Å². The van der Waals surface area contributed by atoms with Crippen molar-refractivity contribution in [2.24, 2.45) is 0 Å². The largest absolute Gasteiger partial charge is 0.508 e. The van der Waals surface area contributed by atoms with Crippen molar-refractivity contribution in [3.63, 3.8) is 0 Å². The van der Waals surface area contributed by atoms with Gasteiger partial charge in [0.15, 0.2) is 0 Å².